The summed E-state index contributed by atoms with van der Waals surface area (Å²) >= 11 is 0. The minimum absolute atomic E-state index is 0.131. The molecule has 0 saturated carbocycles. The number of carbonyl (C=O) groups is 8. The Morgan fingerprint density at radius 1 is 0.262 bits per heavy atom. The van der Waals surface area contributed by atoms with Crippen molar-refractivity contribution in [3.05, 3.63) is 48.6 Å². The lowest BCUT2D eigenvalue weighted by molar-refractivity contribution is -0.152. The van der Waals surface area contributed by atoms with E-state index in [2.05, 4.69) is 125 Å². The molecule has 4 unspecified atom stereocenters. The average Bonchev–Trinajstić information content (AvgIpc) is 0.905. The molecule has 0 rings (SSSR count). The standard InChI is InChI=1S/C102H188N4O22P2/c1-9-17-25-33-37-41-45-53-61-69-99(111)125-91(65-57-49-29-21-13-5)75-79-119-85-89(105-97(109)83-93(67-59-51-31-23-15-7)127-101(113)71-63-55-47-43-39-35-27-19-11-3)87-123-129(115,116)121-81-77-103-95(107)73-74-96(108)104-78-82-122-130(117,118)124-88-90(86-120-80-76-92(66-58-50-30-22-14-6)126-100(112)70-62-54-46-42-38-34-26-18-10-2)106-98(110)84-94(68-60-52-32-24-16-8)128-102(114)72-64-56-48-44-40-36-28-20-12-4/h41-48,89-94H,9-40,49-88H2,1-8H3,(H,103,107)(H,104,108)(H,105,109)(H,106,110)(H,115,116)(H,117,118)/b45-41-,46-42-,47-43-,48-44-/t89?,90?,91-,92-,93-,94-/m1/s1. The van der Waals surface area contributed by atoms with Crippen molar-refractivity contribution >= 4 is 63.2 Å². The summed E-state index contributed by atoms with van der Waals surface area (Å²) in [5, 5.41) is 10.8. The molecular formula is C102H188N4O22P2. The maximum absolute atomic E-state index is 14.0. The number of esters is 4. The molecule has 0 aromatic heterocycles. The van der Waals surface area contributed by atoms with E-state index in [1.54, 1.807) is 0 Å². The molecule has 26 nitrogen and oxygen atoms in total. The molecule has 0 aromatic rings. The Kier molecular flexibility index (Phi) is 88.0. The molecule has 4 amide bonds. The maximum atomic E-state index is 14.0. The van der Waals surface area contributed by atoms with Gasteiger partial charge in [-0.25, -0.2) is 9.13 Å². The third-order valence-corrected chi connectivity index (χ3v) is 24.4. The van der Waals surface area contributed by atoms with Gasteiger partial charge in [0.2, 0.25) is 23.6 Å². The summed E-state index contributed by atoms with van der Waals surface area (Å²) in [5.41, 5.74) is 0. The number of hydrogen-bond acceptors (Lipinski definition) is 20. The van der Waals surface area contributed by atoms with Crippen LogP contribution in [0.3, 0.4) is 0 Å². The van der Waals surface area contributed by atoms with Crippen molar-refractivity contribution in [2.75, 3.05) is 65.9 Å². The molecule has 0 spiro atoms. The summed E-state index contributed by atoms with van der Waals surface area (Å²) in [5.74, 6) is -3.50. The van der Waals surface area contributed by atoms with Crippen molar-refractivity contribution < 1.29 is 104 Å². The van der Waals surface area contributed by atoms with Gasteiger partial charge in [0.25, 0.3) is 0 Å². The third kappa shape index (κ3) is 85.8. The zero-order chi connectivity index (χ0) is 95.6. The summed E-state index contributed by atoms with van der Waals surface area (Å²) in [6.07, 6.45) is 66.4. The van der Waals surface area contributed by atoms with Crippen LogP contribution >= 0.6 is 15.6 Å². The van der Waals surface area contributed by atoms with Gasteiger partial charge in [-0.05, 0) is 154 Å². The van der Waals surface area contributed by atoms with Crippen LogP contribution in [0.5, 0.6) is 0 Å². The molecule has 0 heterocycles. The number of phosphoric ester groups is 2. The van der Waals surface area contributed by atoms with Gasteiger partial charge in [0.15, 0.2) is 0 Å². The van der Waals surface area contributed by atoms with E-state index >= 15 is 0 Å². The first-order chi connectivity index (χ1) is 63.1. The van der Waals surface area contributed by atoms with Crippen molar-refractivity contribution in [3.8, 4) is 0 Å². The first-order valence-corrected chi connectivity index (χ1v) is 55.0. The van der Waals surface area contributed by atoms with Crippen molar-refractivity contribution in [1.29, 1.82) is 0 Å². The van der Waals surface area contributed by atoms with Gasteiger partial charge in [-0.2, -0.15) is 0 Å². The Balaban J connectivity index is 6.22. The number of unbranched alkanes of at least 4 members (excludes halogenated alkanes) is 36. The highest BCUT2D eigenvalue weighted by Gasteiger charge is 2.30. The van der Waals surface area contributed by atoms with Crippen LogP contribution in [0.15, 0.2) is 48.6 Å². The predicted molar refractivity (Wildman–Crippen MR) is 523 cm³/mol. The van der Waals surface area contributed by atoms with Gasteiger partial charge in [0.05, 0.1) is 77.8 Å². The quantitative estimate of drug-likeness (QED) is 0.0108. The van der Waals surface area contributed by atoms with Crippen LogP contribution in [0, 0.1) is 0 Å². The van der Waals surface area contributed by atoms with E-state index in [-0.39, 0.29) is 115 Å². The molecule has 0 aliphatic carbocycles. The molecule has 0 aromatic carbocycles. The number of amides is 4. The lowest BCUT2D eigenvalue weighted by Gasteiger charge is -2.23. The summed E-state index contributed by atoms with van der Waals surface area (Å²) in [4.78, 5) is 129. The summed E-state index contributed by atoms with van der Waals surface area (Å²) in [7, 11) is -9.70. The van der Waals surface area contributed by atoms with Crippen molar-refractivity contribution in [3.63, 3.8) is 0 Å². The minimum atomic E-state index is -4.85. The molecule has 8 atom stereocenters. The lowest BCUT2D eigenvalue weighted by atomic mass is 10.1. The Bertz CT molecular complexity index is 2780. The molecule has 0 fully saturated rings. The number of nitrogens with one attached hydrogen (secondary N) is 4. The SMILES string of the molecule is CCCCCC/C=C\CCCC(=O)O[C@H](CCCCCCC)CCOCC(COP(=O)(O)OCCNC(=O)CCC(=O)NCCOP(=O)(O)OCC(COCC[C@@H](CCCCCCC)OC(=O)CCC/C=C\CCCCCC)NC(=O)C[C@@H](CCCCCCC)OC(=O)CCC/C=C\CCCCCC)NC(=O)C[C@@H](CCCCCCC)OC(=O)CCC/C=C\CCCCCC. The number of allylic oxidation sites excluding steroid dienone is 8. The lowest BCUT2D eigenvalue weighted by Crippen LogP contribution is -2.43. The van der Waals surface area contributed by atoms with E-state index in [9.17, 15) is 57.3 Å². The summed E-state index contributed by atoms with van der Waals surface area (Å²) < 4.78 is 84.5. The number of rotatable bonds is 97. The molecule has 28 heteroatoms. The van der Waals surface area contributed by atoms with Crippen molar-refractivity contribution in [2.24, 2.45) is 0 Å². The highest BCUT2D eigenvalue weighted by Crippen LogP contribution is 2.44. The second kappa shape index (κ2) is 91.6. The number of hydrogen-bond donors (Lipinski definition) is 6. The molecule has 0 aliphatic rings. The monoisotopic (exact) mass is 1880 g/mol. The fourth-order valence-electron chi connectivity index (χ4n) is 14.6. The Morgan fingerprint density at radius 2 is 0.500 bits per heavy atom. The van der Waals surface area contributed by atoms with Crippen LogP contribution in [0.25, 0.3) is 0 Å². The third-order valence-electron chi connectivity index (χ3n) is 22.5. The predicted octanol–water partition coefficient (Wildman–Crippen LogP) is 24.7. The molecule has 0 aliphatic heterocycles. The van der Waals surface area contributed by atoms with E-state index in [1.807, 2.05) is 0 Å². The van der Waals surface area contributed by atoms with E-state index < -0.39 is 102 Å². The highest BCUT2D eigenvalue weighted by atomic mass is 31.2. The first-order valence-electron chi connectivity index (χ1n) is 52.0. The van der Waals surface area contributed by atoms with Gasteiger partial charge >= 0.3 is 39.5 Å². The average molecular weight is 1880 g/mol. The van der Waals surface area contributed by atoms with Crippen LogP contribution in [0.1, 0.15) is 453 Å². The number of phosphoric acid groups is 2. The molecule has 6 N–H and O–H groups in total. The van der Waals surface area contributed by atoms with Gasteiger partial charge < -0.3 is 59.5 Å². The molecule has 130 heavy (non-hydrogen) atoms. The van der Waals surface area contributed by atoms with E-state index in [4.69, 9.17) is 46.5 Å². The summed E-state index contributed by atoms with van der Waals surface area (Å²) in [6, 6.07) is -1.99. The van der Waals surface area contributed by atoms with Gasteiger partial charge in [-0.3, -0.25) is 56.5 Å². The fourth-order valence-corrected chi connectivity index (χ4v) is 16.2. The fraction of sp³-hybridized carbons (Fsp3) is 0.843. The van der Waals surface area contributed by atoms with Gasteiger partial charge in [-0.15, -0.1) is 0 Å². The zero-order valence-electron chi connectivity index (χ0n) is 82.9. The van der Waals surface area contributed by atoms with E-state index in [1.165, 1.54) is 77.0 Å². The molecular weight excluding hydrogens is 1700 g/mol. The zero-order valence-corrected chi connectivity index (χ0v) is 84.7. The molecule has 0 saturated heterocycles. The van der Waals surface area contributed by atoms with Crippen molar-refractivity contribution in [1.82, 2.24) is 21.3 Å². The van der Waals surface area contributed by atoms with Crippen LogP contribution in [-0.4, -0.2) is 160 Å². The number of carbonyl (C=O) groups excluding carboxylic acids is 8. The van der Waals surface area contributed by atoms with Crippen LogP contribution in [-0.2, 0) is 94.0 Å². The molecule has 758 valence electrons. The van der Waals surface area contributed by atoms with E-state index in [0.717, 1.165) is 205 Å². The summed E-state index contributed by atoms with van der Waals surface area (Å²) in [6.45, 7) is 14.7. The smallest absolute Gasteiger partial charge is 0.462 e. The Morgan fingerprint density at radius 3 is 0.769 bits per heavy atom. The largest absolute Gasteiger partial charge is 0.472 e. The van der Waals surface area contributed by atoms with Crippen LogP contribution < -0.4 is 21.3 Å². The van der Waals surface area contributed by atoms with E-state index in [0.29, 0.717) is 64.2 Å². The Hall–Kier alpha value is -5.14. The minimum Gasteiger partial charge on any atom is -0.462 e. The van der Waals surface area contributed by atoms with Crippen LogP contribution in [0.4, 0.5) is 0 Å². The Labute approximate surface area is 788 Å². The van der Waals surface area contributed by atoms with Gasteiger partial charge in [0, 0.05) is 64.5 Å². The van der Waals surface area contributed by atoms with Crippen molar-refractivity contribution in [2.45, 2.75) is 490 Å². The second-order valence-corrected chi connectivity index (χ2v) is 38.1. The second-order valence-electron chi connectivity index (χ2n) is 35.2. The highest BCUT2D eigenvalue weighted by molar-refractivity contribution is 7.47. The molecule has 0 bridgehead atoms. The van der Waals surface area contributed by atoms with Gasteiger partial charge in [-0.1, -0.05) is 284 Å². The number of ether oxygens (including phenoxy) is 6. The van der Waals surface area contributed by atoms with Crippen LogP contribution in [0.2, 0.25) is 0 Å². The topological polar surface area (TPSA) is 352 Å². The first kappa shape index (κ1) is 125. The normalized spacial score (nSPS) is 14.1. The maximum Gasteiger partial charge on any atom is 0.472 e. The molecule has 0 radical (unpaired) electrons. The van der Waals surface area contributed by atoms with Gasteiger partial charge in [0.1, 0.15) is 24.4 Å².